The third-order valence-electron chi connectivity index (χ3n) is 5.14. The quantitative estimate of drug-likeness (QED) is 0.873. The maximum Gasteiger partial charge on any atom is 0.227 e. The Bertz CT molecular complexity index is 680. The number of hydrogen-bond donors (Lipinski definition) is 2. The molecule has 3 heterocycles. The first-order valence-electron chi connectivity index (χ1n) is 7.66. The minimum Gasteiger partial charge on any atom is -0.346 e. The van der Waals surface area contributed by atoms with Crippen molar-refractivity contribution in [1.82, 2.24) is 14.9 Å². The Morgan fingerprint density at radius 2 is 2.33 bits per heavy atom. The van der Waals surface area contributed by atoms with Gasteiger partial charge in [-0.3, -0.25) is 4.79 Å². The number of aromatic nitrogens is 2. The van der Waals surface area contributed by atoms with Crippen LogP contribution in [0.5, 0.6) is 0 Å². The second-order valence-corrected chi connectivity index (χ2v) is 6.35. The minimum atomic E-state index is 0.210. The van der Waals surface area contributed by atoms with Crippen LogP contribution in [0.4, 0.5) is 0 Å². The summed E-state index contributed by atoms with van der Waals surface area (Å²) in [7, 11) is 0. The van der Waals surface area contributed by atoms with Crippen LogP contribution in [0.15, 0.2) is 24.5 Å². The molecule has 1 saturated carbocycles. The number of aromatic amines is 1. The van der Waals surface area contributed by atoms with Gasteiger partial charge in [0.1, 0.15) is 5.65 Å². The number of H-pyrrole nitrogens is 1. The van der Waals surface area contributed by atoms with Crippen LogP contribution in [0, 0.1) is 11.8 Å². The minimum absolute atomic E-state index is 0.210. The number of carbonyl (C=O) groups excluding carboxylic acids is 1. The van der Waals surface area contributed by atoms with Gasteiger partial charge in [0.25, 0.3) is 0 Å². The molecule has 110 valence electrons. The highest BCUT2D eigenvalue weighted by Gasteiger charge is 2.42. The molecule has 2 aromatic rings. The van der Waals surface area contributed by atoms with Gasteiger partial charge in [-0.25, -0.2) is 4.98 Å². The summed E-state index contributed by atoms with van der Waals surface area (Å²) in [5.74, 6) is 1.34. The van der Waals surface area contributed by atoms with Crippen LogP contribution in [-0.4, -0.2) is 39.9 Å². The average Bonchev–Trinajstić information content (AvgIpc) is 3.16. The number of fused-ring (bicyclic) bond motifs is 2. The number of pyridine rings is 1. The number of rotatable bonds is 2. The van der Waals surface area contributed by atoms with Crippen LogP contribution in [-0.2, 0) is 11.2 Å². The Balaban J connectivity index is 1.49. The SMILES string of the molecule is NC1CCC2CN(C(=O)Cc3c[nH]c4ncccc34)CC12. The number of nitrogens with zero attached hydrogens (tertiary/aromatic N) is 2. The second kappa shape index (κ2) is 4.84. The van der Waals surface area contributed by atoms with Gasteiger partial charge in [-0.05, 0) is 42.4 Å². The molecule has 0 aromatic carbocycles. The van der Waals surface area contributed by atoms with E-state index in [1.807, 2.05) is 23.2 Å². The molecule has 1 amide bonds. The zero-order valence-corrected chi connectivity index (χ0v) is 12.0. The van der Waals surface area contributed by atoms with Crippen molar-refractivity contribution < 1.29 is 4.79 Å². The predicted molar refractivity (Wildman–Crippen MR) is 80.6 cm³/mol. The molecule has 5 heteroatoms. The molecule has 0 spiro atoms. The molecule has 5 nitrogen and oxygen atoms in total. The first-order valence-corrected chi connectivity index (χ1v) is 7.66. The molecule has 2 aliphatic rings. The fraction of sp³-hybridized carbons (Fsp3) is 0.500. The van der Waals surface area contributed by atoms with E-state index in [4.69, 9.17) is 5.73 Å². The molecular formula is C16H20N4O. The van der Waals surface area contributed by atoms with Gasteiger partial charge in [0.15, 0.2) is 0 Å². The highest BCUT2D eigenvalue weighted by atomic mass is 16.2. The monoisotopic (exact) mass is 284 g/mol. The fourth-order valence-electron chi connectivity index (χ4n) is 3.94. The van der Waals surface area contributed by atoms with Gasteiger partial charge in [0.2, 0.25) is 5.91 Å². The topological polar surface area (TPSA) is 75.0 Å². The Morgan fingerprint density at radius 3 is 3.19 bits per heavy atom. The van der Waals surface area contributed by atoms with E-state index < -0.39 is 0 Å². The Labute approximate surface area is 123 Å². The van der Waals surface area contributed by atoms with Gasteiger partial charge in [-0.15, -0.1) is 0 Å². The van der Waals surface area contributed by atoms with Gasteiger partial charge in [0, 0.05) is 36.9 Å². The Morgan fingerprint density at radius 1 is 1.43 bits per heavy atom. The number of likely N-dealkylation sites (tertiary alicyclic amines) is 1. The summed E-state index contributed by atoms with van der Waals surface area (Å²) in [6.07, 6.45) is 6.39. The zero-order chi connectivity index (χ0) is 14.4. The van der Waals surface area contributed by atoms with E-state index in [1.165, 1.54) is 6.42 Å². The maximum absolute atomic E-state index is 12.5. The lowest BCUT2D eigenvalue weighted by atomic mass is 9.98. The zero-order valence-electron chi connectivity index (χ0n) is 12.0. The summed E-state index contributed by atoms with van der Waals surface area (Å²) in [6.45, 7) is 1.73. The van der Waals surface area contributed by atoms with Crippen LogP contribution >= 0.6 is 0 Å². The van der Waals surface area contributed by atoms with Gasteiger partial charge >= 0.3 is 0 Å². The van der Waals surface area contributed by atoms with Crippen molar-refractivity contribution >= 4 is 16.9 Å². The van der Waals surface area contributed by atoms with Crippen molar-refractivity contribution in [1.29, 1.82) is 0 Å². The maximum atomic E-state index is 12.5. The molecule has 21 heavy (non-hydrogen) atoms. The molecule has 3 N–H and O–H groups in total. The van der Waals surface area contributed by atoms with Crippen LogP contribution < -0.4 is 5.73 Å². The lowest BCUT2D eigenvalue weighted by molar-refractivity contribution is -0.129. The molecule has 0 radical (unpaired) electrons. The Hall–Kier alpha value is -1.88. The van der Waals surface area contributed by atoms with E-state index in [9.17, 15) is 4.79 Å². The van der Waals surface area contributed by atoms with Crippen molar-refractivity contribution in [3.05, 3.63) is 30.1 Å². The molecule has 1 aliphatic carbocycles. The van der Waals surface area contributed by atoms with Crippen molar-refractivity contribution in [2.45, 2.75) is 25.3 Å². The second-order valence-electron chi connectivity index (χ2n) is 6.35. The van der Waals surface area contributed by atoms with E-state index in [1.54, 1.807) is 6.20 Å². The Kier molecular flexibility index (Phi) is 2.96. The summed E-state index contributed by atoms with van der Waals surface area (Å²) in [5, 5.41) is 1.04. The first kappa shape index (κ1) is 12.8. The highest BCUT2D eigenvalue weighted by Crippen LogP contribution is 2.37. The third kappa shape index (κ3) is 2.12. The van der Waals surface area contributed by atoms with Crippen LogP contribution in [0.25, 0.3) is 11.0 Å². The molecule has 1 saturated heterocycles. The van der Waals surface area contributed by atoms with E-state index in [0.717, 1.165) is 36.1 Å². The van der Waals surface area contributed by atoms with E-state index in [0.29, 0.717) is 18.3 Å². The average molecular weight is 284 g/mol. The van der Waals surface area contributed by atoms with Crippen molar-refractivity contribution in [2.75, 3.05) is 13.1 Å². The van der Waals surface area contributed by atoms with Crippen molar-refractivity contribution in [2.24, 2.45) is 17.6 Å². The van der Waals surface area contributed by atoms with Crippen molar-refractivity contribution in [3.8, 4) is 0 Å². The summed E-state index contributed by atoms with van der Waals surface area (Å²) in [5.41, 5.74) is 8.02. The molecule has 2 aromatic heterocycles. The van der Waals surface area contributed by atoms with Crippen LogP contribution in [0.1, 0.15) is 18.4 Å². The number of amides is 1. The molecule has 0 bridgehead atoms. The van der Waals surface area contributed by atoms with Crippen LogP contribution in [0.2, 0.25) is 0 Å². The predicted octanol–water partition coefficient (Wildman–Crippen LogP) is 1.30. The lowest BCUT2D eigenvalue weighted by Crippen LogP contribution is -2.34. The standard InChI is InChI=1S/C16H20N4O/c17-14-4-3-10-8-20(9-13(10)14)15(21)6-11-7-19-16-12(11)2-1-5-18-16/h1-2,5,7,10,13-14H,3-4,6,8-9,17H2,(H,18,19). The molecular weight excluding hydrogens is 264 g/mol. The number of hydrogen-bond acceptors (Lipinski definition) is 3. The number of nitrogens with two attached hydrogens (primary N) is 1. The lowest BCUT2D eigenvalue weighted by Gasteiger charge is -2.18. The van der Waals surface area contributed by atoms with Crippen LogP contribution in [0.3, 0.4) is 0 Å². The molecule has 3 unspecified atom stereocenters. The van der Waals surface area contributed by atoms with E-state index in [2.05, 4.69) is 9.97 Å². The number of carbonyl (C=O) groups is 1. The van der Waals surface area contributed by atoms with Gasteiger partial charge < -0.3 is 15.6 Å². The third-order valence-corrected chi connectivity index (χ3v) is 5.14. The van der Waals surface area contributed by atoms with E-state index >= 15 is 0 Å². The summed E-state index contributed by atoms with van der Waals surface area (Å²) >= 11 is 0. The summed E-state index contributed by atoms with van der Waals surface area (Å²) < 4.78 is 0. The molecule has 2 fully saturated rings. The smallest absolute Gasteiger partial charge is 0.227 e. The normalized spacial score (nSPS) is 28.2. The number of nitrogens with one attached hydrogen (secondary N) is 1. The fourth-order valence-corrected chi connectivity index (χ4v) is 3.94. The summed E-state index contributed by atoms with van der Waals surface area (Å²) in [6, 6.07) is 4.20. The largest absolute Gasteiger partial charge is 0.346 e. The van der Waals surface area contributed by atoms with Crippen molar-refractivity contribution in [3.63, 3.8) is 0 Å². The molecule has 3 atom stereocenters. The molecule has 1 aliphatic heterocycles. The highest BCUT2D eigenvalue weighted by molar-refractivity contribution is 5.87. The van der Waals surface area contributed by atoms with Gasteiger partial charge in [0.05, 0.1) is 6.42 Å². The summed E-state index contributed by atoms with van der Waals surface area (Å²) in [4.78, 5) is 21.9. The van der Waals surface area contributed by atoms with Gasteiger partial charge in [-0.1, -0.05) is 0 Å². The van der Waals surface area contributed by atoms with Gasteiger partial charge in [-0.2, -0.15) is 0 Å². The molecule has 4 rings (SSSR count). The van der Waals surface area contributed by atoms with E-state index in [-0.39, 0.29) is 11.9 Å². The first-order chi connectivity index (χ1) is 10.2.